The van der Waals surface area contributed by atoms with Crippen LogP contribution in [0.25, 0.3) is 0 Å². The fraction of sp³-hybridized carbons (Fsp3) is 0.385. The van der Waals surface area contributed by atoms with Crippen molar-refractivity contribution in [2.45, 2.75) is 26.8 Å². The molecule has 0 spiro atoms. The first kappa shape index (κ1) is 13.2. The molecule has 19 heavy (non-hydrogen) atoms. The molecule has 100 valence electrons. The fourth-order valence-electron chi connectivity index (χ4n) is 1.93. The molecule has 1 aromatic rings. The maximum Gasteiger partial charge on any atom is 0.331 e. The lowest BCUT2D eigenvalue weighted by Gasteiger charge is -2.37. The predicted octanol–water partition coefficient (Wildman–Crippen LogP) is 1.25. The van der Waals surface area contributed by atoms with Crippen LogP contribution in [-0.2, 0) is 9.59 Å². The van der Waals surface area contributed by atoms with Gasteiger partial charge < -0.3 is 0 Å². The maximum atomic E-state index is 12.3. The molecular weight excluding hydrogens is 246 g/mol. The fourth-order valence-corrected chi connectivity index (χ4v) is 1.93. The highest BCUT2D eigenvalue weighted by molar-refractivity contribution is 6.18. The van der Waals surface area contributed by atoms with Crippen LogP contribution in [-0.4, -0.2) is 27.7 Å². The van der Waals surface area contributed by atoms with E-state index in [0.29, 0.717) is 0 Å². The van der Waals surface area contributed by atoms with Gasteiger partial charge in [-0.15, -0.1) is 0 Å². The van der Waals surface area contributed by atoms with Gasteiger partial charge in [0, 0.05) is 12.4 Å². The Morgan fingerprint density at radius 3 is 2.58 bits per heavy atom. The van der Waals surface area contributed by atoms with Crippen LogP contribution in [0.3, 0.4) is 0 Å². The Labute approximate surface area is 110 Å². The third-order valence-corrected chi connectivity index (χ3v) is 3.31. The SMILES string of the molecule is CC(c1cccnc1)N1C(=O)NC(=O)C(C)(C)C1=O. The van der Waals surface area contributed by atoms with Gasteiger partial charge in [0.25, 0.3) is 0 Å². The van der Waals surface area contributed by atoms with Gasteiger partial charge in [-0.25, -0.2) is 4.79 Å². The molecule has 2 heterocycles. The number of nitrogens with zero attached hydrogens (tertiary/aromatic N) is 2. The van der Waals surface area contributed by atoms with Crippen LogP contribution >= 0.6 is 0 Å². The Hall–Kier alpha value is -2.24. The number of aromatic nitrogens is 1. The first-order valence-electron chi connectivity index (χ1n) is 5.94. The zero-order valence-electron chi connectivity index (χ0n) is 11.0. The van der Waals surface area contributed by atoms with E-state index in [1.807, 2.05) is 0 Å². The molecule has 6 nitrogen and oxygen atoms in total. The van der Waals surface area contributed by atoms with E-state index < -0.39 is 29.3 Å². The van der Waals surface area contributed by atoms with Gasteiger partial charge in [-0.05, 0) is 32.4 Å². The predicted molar refractivity (Wildman–Crippen MR) is 66.8 cm³/mol. The smallest absolute Gasteiger partial charge is 0.277 e. The number of imide groups is 2. The van der Waals surface area contributed by atoms with Crippen molar-refractivity contribution in [3.63, 3.8) is 0 Å². The van der Waals surface area contributed by atoms with E-state index in [1.165, 1.54) is 13.8 Å². The van der Waals surface area contributed by atoms with Gasteiger partial charge in [-0.1, -0.05) is 6.07 Å². The van der Waals surface area contributed by atoms with E-state index >= 15 is 0 Å². The second kappa shape index (κ2) is 4.46. The lowest BCUT2D eigenvalue weighted by Crippen LogP contribution is -2.62. The molecule has 1 unspecified atom stereocenters. The number of rotatable bonds is 2. The summed E-state index contributed by atoms with van der Waals surface area (Å²) in [4.78, 5) is 40.9. The van der Waals surface area contributed by atoms with Crippen LogP contribution in [0.4, 0.5) is 4.79 Å². The number of amides is 4. The molecule has 0 saturated carbocycles. The van der Waals surface area contributed by atoms with E-state index in [9.17, 15) is 14.4 Å². The number of nitrogens with one attached hydrogen (secondary N) is 1. The summed E-state index contributed by atoms with van der Waals surface area (Å²) in [5.74, 6) is -1.07. The molecule has 1 fully saturated rings. The Bertz CT molecular complexity index is 539. The molecule has 1 aliphatic heterocycles. The molecule has 1 saturated heterocycles. The van der Waals surface area contributed by atoms with Crippen LogP contribution in [0, 0.1) is 5.41 Å². The minimum atomic E-state index is -1.25. The quantitative estimate of drug-likeness (QED) is 0.812. The minimum Gasteiger partial charge on any atom is -0.277 e. The highest BCUT2D eigenvalue weighted by atomic mass is 16.2. The molecule has 4 amide bonds. The first-order chi connectivity index (χ1) is 8.85. The summed E-state index contributed by atoms with van der Waals surface area (Å²) in [6, 6.07) is 2.34. The van der Waals surface area contributed by atoms with Crippen LogP contribution in [0.15, 0.2) is 24.5 Å². The first-order valence-corrected chi connectivity index (χ1v) is 5.94. The molecule has 2 rings (SSSR count). The maximum absolute atomic E-state index is 12.3. The lowest BCUT2D eigenvalue weighted by atomic mass is 9.88. The standard InChI is InChI=1S/C13H15N3O3/c1-8(9-5-4-6-14-7-9)16-11(18)13(2,3)10(17)15-12(16)19/h4-8H,1-3H3,(H,15,17,19). The zero-order valence-corrected chi connectivity index (χ0v) is 11.0. The summed E-state index contributed by atoms with van der Waals surface area (Å²) in [5, 5.41) is 2.21. The van der Waals surface area contributed by atoms with Crippen LogP contribution in [0.5, 0.6) is 0 Å². The van der Waals surface area contributed by atoms with Crippen molar-refractivity contribution in [3.05, 3.63) is 30.1 Å². The zero-order chi connectivity index (χ0) is 14.2. The van der Waals surface area contributed by atoms with Crippen molar-refractivity contribution in [1.82, 2.24) is 15.2 Å². The van der Waals surface area contributed by atoms with Crippen molar-refractivity contribution in [3.8, 4) is 0 Å². The summed E-state index contributed by atoms with van der Waals surface area (Å²) in [7, 11) is 0. The Morgan fingerprint density at radius 1 is 1.32 bits per heavy atom. The number of pyridine rings is 1. The number of hydrogen-bond acceptors (Lipinski definition) is 4. The topological polar surface area (TPSA) is 79.4 Å². The minimum absolute atomic E-state index is 0.478. The Balaban J connectivity index is 2.36. The van der Waals surface area contributed by atoms with Gasteiger partial charge >= 0.3 is 6.03 Å². The van der Waals surface area contributed by atoms with Crippen molar-refractivity contribution < 1.29 is 14.4 Å². The van der Waals surface area contributed by atoms with Crippen LogP contribution in [0.1, 0.15) is 32.4 Å². The summed E-state index contributed by atoms with van der Waals surface area (Å²) in [6.07, 6.45) is 3.20. The van der Waals surface area contributed by atoms with Crippen molar-refractivity contribution in [2.24, 2.45) is 5.41 Å². The number of carbonyl (C=O) groups excluding carboxylic acids is 3. The molecule has 1 aliphatic rings. The molecule has 1 atom stereocenters. The largest absolute Gasteiger partial charge is 0.331 e. The number of urea groups is 1. The summed E-state index contributed by atoms with van der Waals surface area (Å²) >= 11 is 0. The van der Waals surface area contributed by atoms with Gasteiger partial charge in [-0.2, -0.15) is 0 Å². The van der Waals surface area contributed by atoms with E-state index in [4.69, 9.17) is 0 Å². The van der Waals surface area contributed by atoms with E-state index in [1.54, 1.807) is 31.5 Å². The molecule has 1 N–H and O–H groups in total. The Kier molecular flexibility index (Phi) is 3.09. The van der Waals surface area contributed by atoms with E-state index in [-0.39, 0.29) is 0 Å². The third kappa shape index (κ3) is 2.09. The average Bonchev–Trinajstić information content (AvgIpc) is 2.38. The van der Waals surface area contributed by atoms with Crippen molar-refractivity contribution >= 4 is 17.8 Å². The highest BCUT2D eigenvalue weighted by Crippen LogP contribution is 2.30. The highest BCUT2D eigenvalue weighted by Gasteiger charge is 2.48. The van der Waals surface area contributed by atoms with Crippen LogP contribution < -0.4 is 5.32 Å². The molecule has 6 heteroatoms. The van der Waals surface area contributed by atoms with Gasteiger partial charge in [0.15, 0.2) is 0 Å². The number of barbiturate groups is 1. The molecule has 0 radical (unpaired) electrons. The molecule has 0 aromatic carbocycles. The Morgan fingerprint density at radius 2 is 2.00 bits per heavy atom. The molecule has 0 bridgehead atoms. The molecular formula is C13H15N3O3. The van der Waals surface area contributed by atoms with Gasteiger partial charge in [0.1, 0.15) is 5.41 Å². The van der Waals surface area contributed by atoms with Gasteiger partial charge in [-0.3, -0.25) is 24.8 Å². The second-order valence-corrected chi connectivity index (χ2v) is 5.02. The van der Waals surface area contributed by atoms with E-state index in [2.05, 4.69) is 10.3 Å². The van der Waals surface area contributed by atoms with Gasteiger partial charge in [0.05, 0.1) is 6.04 Å². The van der Waals surface area contributed by atoms with Crippen molar-refractivity contribution in [1.29, 1.82) is 0 Å². The third-order valence-electron chi connectivity index (χ3n) is 3.31. The van der Waals surface area contributed by atoms with Gasteiger partial charge in [0.2, 0.25) is 11.8 Å². The normalized spacial score (nSPS) is 20.2. The summed E-state index contributed by atoms with van der Waals surface area (Å²) in [5.41, 5.74) is -0.513. The average molecular weight is 261 g/mol. The van der Waals surface area contributed by atoms with Crippen LogP contribution in [0.2, 0.25) is 0 Å². The van der Waals surface area contributed by atoms with E-state index in [0.717, 1.165) is 10.5 Å². The number of carbonyl (C=O) groups is 3. The summed E-state index contributed by atoms with van der Waals surface area (Å²) < 4.78 is 0. The molecule has 1 aromatic heterocycles. The lowest BCUT2D eigenvalue weighted by molar-refractivity contribution is -0.150. The van der Waals surface area contributed by atoms with Crippen molar-refractivity contribution in [2.75, 3.05) is 0 Å². The molecule has 0 aliphatic carbocycles. The number of hydrogen-bond donors (Lipinski definition) is 1. The monoisotopic (exact) mass is 261 g/mol. The summed E-state index contributed by atoms with van der Waals surface area (Å²) in [6.45, 7) is 4.72. The second-order valence-electron chi connectivity index (χ2n) is 5.02.